The van der Waals surface area contributed by atoms with Crippen LogP contribution in [0.3, 0.4) is 0 Å². The Balaban J connectivity index is 3.33. The number of hydrogen-bond acceptors (Lipinski definition) is 2. The maximum atomic E-state index is 11.2. The van der Waals surface area contributed by atoms with Crippen LogP contribution in [0.5, 0.6) is 0 Å². The van der Waals surface area contributed by atoms with Crippen molar-refractivity contribution < 1.29 is 4.79 Å². The number of carbonyl (C=O) groups excluding carboxylic acids is 1. The van der Waals surface area contributed by atoms with Gasteiger partial charge in [-0.25, -0.2) is 5.43 Å². The molecule has 0 atom stereocenters. The van der Waals surface area contributed by atoms with Gasteiger partial charge in [0.25, 0.3) is 0 Å². The highest BCUT2D eigenvalue weighted by molar-refractivity contribution is 5.76. The molecule has 0 aliphatic heterocycles. The molecule has 15 heavy (non-hydrogen) atoms. The standard InChI is InChI=1S/C12H24N2O/c1-4-5-6-7-8-9-13-14-12(15)10-11(2)3/h9,11H,4-8,10H2,1-3H3,(H,14,15)/b13-9+. The Morgan fingerprint density at radius 2 is 2.07 bits per heavy atom. The summed E-state index contributed by atoms with van der Waals surface area (Å²) in [7, 11) is 0. The lowest BCUT2D eigenvalue weighted by Gasteiger charge is -2.01. The Bertz CT molecular complexity index is 188. The van der Waals surface area contributed by atoms with Crippen LogP contribution in [-0.4, -0.2) is 12.1 Å². The molecule has 0 aliphatic carbocycles. The van der Waals surface area contributed by atoms with E-state index in [1.807, 2.05) is 13.8 Å². The lowest BCUT2D eigenvalue weighted by molar-refractivity contribution is -0.121. The Morgan fingerprint density at radius 1 is 1.33 bits per heavy atom. The Morgan fingerprint density at radius 3 is 2.67 bits per heavy atom. The molecular weight excluding hydrogens is 188 g/mol. The van der Waals surface area contributed by atoms with Crippen LogP contribution >= 0.6 is 0 Å². The summed E-state index contributed by atoms with van der Waals surface area (Å²) in [5.74, 6) is 0.402. The van der Waals surface area contributed by atoms with Crippen molar-refractivity contribution in [3.63, 3.8) is 0 Å². The number of carbonyl (C=O) groups is 1. The van der Waals surface area contributed by atoms with Crippen LogP contribution in [0.2, 0.25) is 0 Å². The fraction of sp³-hybridized carbons (Fsp3) is 0.833. The number of rotatable bonds is 8. The van der Waals surface area contributed by atoms with E-state index in [2.05, 4.69) is 17.5 Å². The second-order valence-corrected chi connectivity index (χ2v) is 4.29. The molecule has 1 amide bonds. The number of amides is 1. The summed E-state index contributed by atoms with van der Waals surface area (Å²) >= 11 is 0. The van der Waals surface area contributed by atoms with E-state index in [1.54, 1.807) is 6.21 Å². The summed E-state index contributed by atoms with van der Waals surface area (Å²) in [6.45, 7) is 6.24. The number of hydrazone groups is 1. The van der Waals surface area contributed by atoms with Gasteiger partial charge in [0, 0.05) is 12.6 Å². The predicted octanol–water partition coefficient (Wildman–Crippen LogP) is 3.10. The van der Waals surface area contributed by atoms with Crippen molar-refractivity contribution in [2.24, 2.45) is 11.0 Å². The van der Waals surface area contributed by atoms with Gasteiger partial charge in [-0.2, -0.15) is 5.10 Å². The quantitative estimate of drug-likeness (QED) is 0.375. The first kappa shape index (κ1) is 14.1. The third kappa shape index (κ3) is 11.1. The van der Waals surface area contributed by atoms with Gasteiger partial charge in [-0.15, -0.1) is 0 Å². The summed E-state index contributed by atoms with van der Waals surface area (Å²) in [5.41, 5.74) is 2.54. The zero-order valence-electron chi connectivity index (χ0n) is 10.3. The van der Waals surface area contributed by atoms with Crippen molar-refractivity contribution in [2.75, 3.05) is 0 Å². The molecule has 0 bridgehead atoms. The van der Waals surface area contributed by atoms with Crippen molar-refractivity contribution in [1.82, 2.24) is 5.43 Å². The van der Waals surface area contributed by atoms with Crippen molar-refractivity contribution in [1.29, 1.82) is 0 Å². The molecule has 0 aromatic carbocycles. The van der Waals surface area contributed by atoms with Crippen LogP contribution in [0, 0.1) is 5.92 Å². The van der Waals surface area contributed by atoms with E-state index < -0.39 is 0 Å². The van der Waals surface area contributed by atoms with E-state index in [4.69, 9.17) is 0 Å². The van der Waals surface area contributed by atoms with Crippen LogP contribution in [0.15, 0.2) is 5.10 Å². The summed E-state index contributed by atoms with van der Waals surface area (Å²) in [6.07, 6.45) is 8.26. The minimum Gasteiger partial charge on any atom is -0.273 e. The molecule has 0 rings (SSSR count). The SMILES string of the molecule is CCCCCC/C=N/NC(=O)CC(C)C. The van der Waals surface area contributed by atoms with E-state index >= 15 is 0 Å². The predicted molar refractivity (Wildman–Crippen MR) is 64.8 cm³/mol. The van der Waals surface area contributed by atoms with Crippen LogP contribution in [-0.2, 0) is 4.79 Å². The van der Waals surface area contributed by atoms with Gasteiger partial charge in [0.2, 0.25) is 5.91 Å². The van der Waals surface area contributed by atoms with Gasteiger partial charge in [0.05, 0.1) is 0 Å². The molecule has 0 radical (unpaired) electrons. The van der Waals surface area contributed by atoms with E-state index in [0.29, 0.717) is 12.3 Å². The first-order valence-corrected chi connectivity index (χ1v) is 5.97. The van der Waals surface area contributed by atoms with Crippen molar-refractivity contribution in [3.8, 4) is 0 Å². The smallest absolute Gasteiger partial charge is 0.240 e. The summed E-state index contributed by atoms with van der Waals surface area (Å²) in [4.78, 5) is 11.2. The molecule has 0 heterocycles. The molecule has 1 N–H and O–H groups in total. The van der Waals surface area contributed by atoms with E-state index in [9.17, 15) is 4.79 Å². The van der Waals surface area contributed by atoms with Crippen molar-refractivity contribution in [2.45, 2.75) is 59.3 Å². The number of hydrogen-bond donors (Lipinski definition) is 1. The highest BCUT2D eigenvalue weighted by Crippen LogP contribution is 2.00. The molecule has 0 saturated heterocycles. The minimum absolute atomic E-state index is 0.00908. The first-order valence-electron chi connectivity index (χ1n) is 5.97. The topological polar surface area (TPSA) is 41.5 Å². The summed E-state index contributed by atoms with van der Waals surface area (Å²) in [6, 6.07) is 0. The van der Waals surface area contributed by atoms with Crippen molar-refractivity contribution in [3.05, 3.63) is 0 Å². The van der Waals surface area contributed by atoms with Gasteiger partial charge in [0.1, 0.15) is 0 Å². The summed E-state index contributed by atoms with van der Waals surface area (Å²) < 4.78 is 0. The molecule has 0 saturated carbocycles. The molecule has 0 aliphatic rings. The van der Waals surface area contributed by atoms with Gasteiger partial charge in [0.15, 0.2) is 0 Å². The summed E-state index contributed by atoms with van der Waals surface area (Å²) in [5, 5.41) is 3.90. The molecule has 0 aromatic rings. The highest BCUT2D eigenvalue weighted by Gasteiger charge is 2.01. The van der Waals surface area contributed by atoms with Gasteiger partial charge >= 0.3 is 0 Å². The molecular formula is C12H24N2O. The molecule has 0 spiro atoms. The Kier molecular flexibility index (Phi) is 9.13. The van der Waals surface area contributed by atoms with Crippen LogP contribution in [0.4, 0.5) is 0 Å². The minimum atomic E-state index is 0.00908. The molecule has 0 aromatic heterocycles. The molecule has 0 unspecified atom stereocenters. The zero-order chi connectivity index (χ0) is 11.5. The molecule has 3 heteroatoms. The number of nitrogens with one attached hydrogen (secondary N) is 1. The van der Waals surface area contributed by atoms with E-state index in [1.165, 1.54) is 19.3 Å². The number of unbranched alkanes of at least 4 members (excludes halogenated alkanes) is 4. The maximum absolute atomic E-state index is 11.2. The lowest BCUT2D eigenvalue weighted by Crippen LogP contribution is -2.18. The largest absolute Gasteiger partial charge is 0.273 e. The fourth-order valence-electron chi connectivity index (χ4n) is 1.26. The number of nitrogens with zero attached hydrogens (tertiary/aromatic N) is 1. The fourth-order valence-corrected chi connectivity index (χ4v) is 1.26. The van der Waals surface area contributed by atoms with Crippen LogP contribution in [0.25, 0.3) is 0 Å². The van der Waals surface area contributed by atoms with Crippen LogP contribution in [0.1, 0.15) is 59.3 Å². The lowest BCUT2D eigenvalue weighted by atomic mass is 10.1. The van der Waals surface area contributed by atoms with E-state index in [0.717, 1.165) is 12.8 Å². The zero-order valence-corrected chi connectivity index (χ0v) is 10.3. The third-order valence-corrected chi connectivity index (χ3v) is 2.06. The van der Waals surface area contributed by atoms with E-state index in [-0.39, 0.29) is 5.91 Å². The van der Waals surface area contributed by atoms with Gasteiger partial charge in [-0.3, -0.25) is 4.79 Å². The van der Waals surface area contributed by atoms with Crippen LogP contribution < -0.4 is 5.43 Å². The molecule has 3 nitrogen and oxygen atoms in total. The first-order chi connectivity index (χ1) is 7.16. The van der Waals surface area contributed by atoms with Gasteiger partial charge in [-0.1, -0.05) is 40.0 Å². The average molecular weight is 212 g/mol. The Labute approximate surface area is 93.3 Å². The third-order valence-electron chi connectivity index (χ3n) is 2.06. The maximum Gasteiger partial charge on any atom is 0.240 e. The second-order valence-electron chi connectivity index (χ2n) is 4.29. The normalized spacial score (nSPS) is 11.2. The molecule has 88 valence electrons. The van der Waals surface area contributed by atoms with Gasteiger partial charge in [-0.05, 0) is 18.8 Å². The van der Waals surface area contributed by atoms with Crippen molar-refractivity contribution >= 4 is 12.1 Å². The highest BCUT2D eigenvalue weighted by atomic mass is 16.2. The molecule has 0 fully saturated rings. The monoisotopic (exact) mass is 212 g/mol. The second kappa shape index (κ2) is 9.69. The average Bonchev–Trinajstić information content (AvgIpc) is 2.15. The van der Waals surface area contributed by atoms with Gasteiger partial charge < -0.3 is 0 Å². The Hall–Kier alpha value is -0.860.